The first-order valence-electron chi connectivity index (χ1n) is 8.15. The Hall–Kier alpha value is -2.02. The van der Waals surface area contributed by atoms with Crippen molar-refractivity contribution >= 4 is 34.4 Å². The van der Waals surface area contributed by atoms with Gasteiger partial charge >= 0.3 is 0 Å². The predicted octanol–water partition coefficient (Wildman–Crippen LogP) is 5.12. The van der Waals surface area contributed by atoms with E-state index in [2.05, 4.69) is 72.6 Å². The predicted molar refractivity (Wildman–Crippen MR) is 108 cm³/mol. The zero-order valence-electron chi connectivity index (χ0n) is 14.7. The lowest BCUT2D eigenvalue weighted by molar-refractivity contribution is 0.245. The summed E-state index contributed by atoms with van der Waals surface area (Å²) in [5.74, 6) is 0. The molecule has 0 amide bonds. The van der Waals surface area contributed by atoms with Crippen LogP contribution in [0.3, 0.4) is 0 Å². The molecule has 4 nitrogen and oxygen atoms in total. The van der Waals surface area contributed by atoms with Gasteiger partial charge in [-0.3, -0.25) is 4.90 Å². The number of nitrogens with zero attached hydrogens (tertiary/aromatic N) is 3. The van der Waals surface area contributed by atoms with E-state index in [-0.39, 0.29) is 0 Å². The van der Waals surface area contributed by atoms with E-state index in [4.69, 9.17) is 12.2 Å². The fraction of sp³-hybridized carbons (Fsp3) is 0.263. The van der Waals surface area contributed by atoms with Crippen LogP contribution >= 0.6 is 23.6 Å². The summed E-state index contributed by atoms with van der Waals surface area (Å²) < 4.78 is 2.63. The number of aryl methyl sites for hydroxylation is 2. The molecule has 0 radical (unpaired) electrons. The smallest absolute Gasteiger partial charge is 0.209 e. The summed E-state index contributed by atoms with van der Waals surface area (Å²) in [7, 11) is 2.08. The molecule has 0 bridgehead atoms. The van der Waals surface area contributed by atoms with E-state index >= 15 is 0 Å². The van der Waals surface area contributed by atoms with E-state index in [0.717, 1.165) is 21.3 Å². The Morgan fingerprint density at radius 1 is 1.04 bits per heavy atom. The molecule has 0 spiro atoms. The zero-order valence-corrected chi connectivity index (χ0v) is 16.3. The maximum Gasteiger partial charge on any atom is 0.209 e. The van der Waals surface area contributed by atoms with Gasteiger partial charge in [0.15, 0.2) is 3.95 Å². The number of hydrogen-bond acceptors (Lipinski definition) is 5. The summed E-state index contributed by atoms with van der Waals surface area (Å²) in [5.41, 5.74) is 4.82. The van der Waals surface area contributed by atoms with Gasteiger partial charge in [0.1, 0.15) is 0 Å². The lowest BCUT2D eigenvalue weighted by atomic mass is 10.1. The Kier molecular flexibility index (Phi) is 5.63. The van der Waals surface area contributed by atoms with Gasteiger partial charge in [-0.05, 0) is 50.8 Å². The summed E-state index contributed by atoms with van der Waals surface area (Å²) in [6, 6.07) is 16.9. The van der Waals surface area contributed by atoms with Crippen molar-refractivity contribution in [3.05, 3.63) is 69.2 Å². The minimum Gasteiger partial charge on any atom is -0.330 e. The molecule has 0 aliphatic rings. The van der Waals surface area contributed by atoms with Crippen LogP contribution in [-0.2, 0) is 13.2 Å². The number of rotatable bonds is 6. The summed E-state index contributed by atoms with van der Waals surface area (Å²) in [5, 5.41) is 8.74. The Morgan fingerprint density at radius 3 is 2.28 bits per heavy atom. The van der Waals surface area contributed by atoms with Crippen LogP contribution in [0.15, 0.2) is 48.5 Å². The molecule has 130 valence electrons. The summed E-state index contributed by atoms with van der Waals surface area (Å²) in [6.45, 7) is 5.70. The highest BCUT2D eigenvalue weighted by Crippen LogP contribution is 2.21. The van der Waals surface area contributed by atoms with E-state index in [9.17, 15) is 0 Å². The van der Waals surface area contributed by atoms with Crippen LogP contribution in [0.4, 0.5) is 10.8 Å². The van der Waals surface area contributed by atoms with Crippen molar-refractivity contribution in [1.29, 1.82) is 0 Å². The molecule has 3 aromatic rings. The minimum absolute atomic E-state index is 0.665. The third-order valence-electron chi connectivity index (χ3n) is 3.86. The Morgan fingerprint density at radius 2 is 1.64 bits per heavy atom. The normalized spacial score (nSPS) is 11.0. The molecule has 1 aromatic heterocycles. The average molecular weight is 371 g/mol. The van der Waals surface area contributed by atoms with Crippen LogP contribution in [0, 0.1) is 17.8 Å². The molecule has 0 fully saturated rings. The fourth-order valence-electron chi connectivity index (χ4n) is 2.49. The SMILES string of the molecule is Cc1ccc(CN(C)Cn2nc(Nc3ccc(C)cc3)sc2=S)cc1. The molecule has 1 heterocycles. The average Bonchev–Trinajstić information content (AvgIpc) is 2.91. The molecule has 6 heteroatoms. The largest absolute Gasteiger partial charge is 0.330 e. The van der Waals surface area contributed by atoms with Crippen LogP contribution in [0.2, 0.25) is 0 Å². The lowest BCUT2D eigenvalue weighted by Gasteiger charge is -2.16. The molecule has 0 saturated carbocycles. The lowest BCUT2D eigenvalue weighted by Crippen LogP contribution is -2.22. The minimum atomic E-state index is 0.665. The van der Waals surface area contributed by atoms with Gasteiger partial charge in [-0.1, -0.05) is 58.9 Å². The Balaban J connectivity index is 1.64. The zero-order chi connectivity index (χ0) is 17.8. The van der Waals surface area contributed by atoms with Crippen molar-refractivity contribution in [3.8, 4) is 0 Å². The van der Waals surface area contributed by atoms with Gasteiger partial charge in [0.25, 0.3) is 0 Å². The Labute approximate surface area is 157 Å². The molecule has 25 heavy (non-hydrogen) atoms. The van der Waals surface area contributed by atoms with Crippen molar-refractivity contribution in [3.63, 3.8) is 0 Å². The van der Waals surface area contributed by atoms with Crippen molar-refractivity contribution in [2.75, 3.05) is 12.4 Å². The van der Waals surface area contributed by atoms with E-state index in [1.54, 1.807) is 0 Å². The van der Waals surface area contributed by atoms with Crippen LogP contribution < -0.4 is 5.32 Å². The number of aromatic nitrogens is 2. The van der Waals surface area contributed by atoms with Gasteiger partial charge < -0.3 is 5.32 Å². The van der Waals surface area contributed by atoms with Crippen LogP contribution in [0.1, 0.15) is 16.7 Å². The van der Waals surface area contributed by atoms with Crippen molar-refractivity contribution < 1.29 is 0 Å². The second-order valence-electron chi connectivity index (χ2n) is 6.30. The van der Waals surface area contributed by atoms with E-state index in [1.165, 1.54) is 28.0 Å². The third-order valence-corrected chi connectivity index (χ3v) is 5.08. The second-order valence-corrected chi connectivity index (χ2v) is 7.93. The van der Waals surface area contributed by atoms with E-state index in [0.29, 0.717) is 6.67 Å². The molecule has 3 rings (SSSR count). The highest BCUT2D eigenvalue weighted by Gasteiger charge is 2.07. The van der Waals surface area contributed by atoms with Crippen molar-refractivity contribution in [2.24, 2.45) is 0 Å². The van der Waals surface area contributed by atoms with Gasteiger partial charge in [0.2, 0.25) is 5.13 Å². The molecule has 2 aromatic carbocycles. The third kappa shape index (κ3) is 4.98. The fourth-order valence-corrected chi connectivity index (χ4v) is 3.50. The highest BCUT2D eigenvalue weighted by atomic mass is 32.1. The first-order valence-corrected chi connectivity index (χ1v) is 9.38. The molecule has 0 unspecified atom stereocenters. The molecule has 0 atom stereocenters. The second kappa shape index (κ2) is 7.91. The summed E-state index contributed by atoms with van der Waals surface area (Å²) in [4.78, 5) is 2.20. The maximum absolute atomic E-state index is 5.46. The summed E-state index contributed by atoms with van der Waals surface area (Å²) >= 11 is 6.95. The van der Waals surface area contributed by atoms with Gasteiger partial charge in [-0.15, -0.1) is 5.10 Å². The molecule has 0 saturated heterocycles. The van der Waals surface area contributed by atoms with Crippen LogP contribution in [0.25, 0.3) is 0 Å². The Bertz CT molecular complexity index is 879. The van der Waals surface area contributed by atoms with Crippen molar-refractivity contribution in [2.45, 2.75) is 27.1 Å². The van der Waals surface area contributed by atoms with Gasteiger partial charge in [-0.2, -0.15) is 0 Å². The first kappa shape index (κ1) is 17.8. The van der Waals surface area contributed by atoms with Crippen LogP contribution in [-0.4, -0.2) is 21.7 Å². The molecule has 1 N–H and O–H groups in total. The summed E-state index contributed by atoms with van der Waals surface area (Å²) in [6.07, 6.45) is 0. The molecular formula is C19H22N4S2. The van der Waals surface area contributed by atoms with Crippen LogP contribution in [0.5, 0.6) is 0 Å². The molecule has 0 aliphatic heterocycles. The topological polar surface area (TPSA) is 33.1 Å². The number of nitrogens with one attached hydrogen (secondary N) is 1. The van der Waals surface area contributed by atoms with Crippen molar-refractivity contribution in [1.82, 2.24) is 14.7 Å². The maximum atomic E-state index is 5.46. The highest BCUT2D eigenvalue weighted by molar-refractivity contribution is 7.73. The van der Waals surface area contributed by atoms with Gasteiger partial charge in [0, 0.05) is 12.2 Å². The number of benzene rings is 2. The quantitative estimate of drug-likeness (QED) is 0.610. The number of anilines is 2. The molecular weight excluding hydrogens is 348 g/mol. The van der Waals surface area contributed by atoms with Gasteiger partial charge in [-0.25, -0.2) is 4.68 Å². The standard InChI is InChI=1S/C19H22N4S2/c1-14-4-8-16(9-5-14)12-22(3)13-23-19(24)25-18(21-23)20-17-10-6-15(2)7-11-17/h4-11H,12-13H2,1-3H3,(H,20,21). The first-order chi connectivity index (χ1) is 12.0. The number of hydrogen-bond donors (Lipinski definition) is 1. The van der Waals surface area contributed by atoms with E-state index in [1.807, 2.05) is 16.8 Å². The molecule has 0 aliphatic carbocycles. The van der Waals surface area contributed by atoms with Gasteiger partial charge in [0.05, 0.1) is 6.67 Å². The van der Waals surface area contributed by atoms with E-state index < -0.39 is 0 Å². The monoisotopic (exact) mass is 370 g/mol.